The molecular formula is C23H24N2O3. The van der Waals surface area contributed by atoms with Crippen LogP contribution in [-0.2, 0) is 6.54 Å². The Balaban J connectivity index is 1.59. The maximum atomic E-state index is 12.3. The van der Waals surface area contributed by atoms with Crippen LogP contribution in [0.2, 0.25) is 0 Å². The zero-order chi connectivity index (χ0) is 19.9. The zero-order valence-electron chi connectivity index (χ0n) is 16.3. The maximum absolute atomic E-state index is 12.3. The van der Waals surface area contributed by atoms with Gasteiger partial charge in [-0.05, 0) is 61.0 Å². The normalized spacial score (nSPS) is 10.2. The average molecular weight is 376 g/mol. The van der Waals surface area contributed by atoms with Crippen LogP contribution >= 0.6 is 0 Å². The first kappa shape index (κ1) is 19.3. The fraction of sp³-hybridized carbons (Fsp3) is 0.174. The maximum Gasteiger partial charge on any atom is 0.255 e. The molecule has 2 N–H and O–H groups in total. The molecule has 0 atom stereocenters. The molecule has 3 rings (SSSR count). The summed E-state index contributed by atoms with van der Waals surface area (Å²) in [6.45, 7) is 2.62. The molecule has 0 aromatic heterocycles. The summed E-state index contributed by atoms with van der Waals surface area (Å²) in [7, 11) is 3.24. The number of carbonyl (C=O) groups is 1. The highest BCUT2D eigenvalue weighted by molar-refractivity contribution is 6.04. The van der Waals surface area contributed by atoms with Gasteiger partial charge in [-0.15, -0.1) is 0 Å². The van der Waals surface area contributed by atoms with Gasteiger partial charge in [-0.1, -0.05) is 23.8 Å². The number of amides is 1. The second kappa shape index (κ2) is 8.95. The van der Waals surface area contributed by atoms with Crippen molar-refractivity contribution in [2.45, 2.75) is 13.5 Å². The van der Waals surface area contributed by atoms with Crippen LogP contribution in [0.5, 0.6) is 11.5 Å². The molecule has 28 heavy (non-hydrogen) atoms. The van der Waals surface area contributed by atoms with Crippen LogP contribution < -0.4 is 20.1 Å². The third-order valence-corrected chi connectivity index (χ3v) is 4.37. The van der Waals surface area contributed by atoms with Gasteiger partial charge in [0.25, 0.3) is 5.91 Å². The van der Waals surface area contributed by atoms with E-state index in [4.69, 9.17) is 9.47 Å². The topological polar surface area (TPSA) is 59.6 Å². The predicted molar refractivity (Wildman–Crippen MR) is 112 cm³/mol. The monoisotopic (exact) mass is 376 g/mol. The van der Waals surface area contributed by atoms with Crippen molar-refractivity contribution in [1.29, 1.82) is 0 Å². The van der Waals surface area contributed by atoms with Gasteiger partial charge in [0, 0.05) is 23.5 Å². The molecule has 0 radical (unpaired) electrons. The Morgan fingerprint density at radius 2 is 1.57 bits per heavy atom. The Morgan fingerprint density at radius 1 is 0.857 bits per heavy atom. The molecule has 0 aliphatic heterocycles. The molecule has 3 aromatic carbocycles. The number of anilines is 2. The number of methoxy groups -OCH3 is 2. The smallest absolute Gasteiger partial charge is 0.255 e. The predicted octanol–water partition coefficient (Wildman–Crippen LogP) is 4.88. The molecule has 0 saturated heterocycles. The Hall–Kier alpha value is -3.47. The summed E-state index contributed by atoms with van der Waals surface area (Å²) in [5, 5.41) is 6.28. The molecule has 0 heterocycles. The largest absolute Gasteiger partial charge is 0.493 e. The SMILES string of the molecule is COc1ccc(CNc2ccc(NC(=O)c3cccc(C)c3)cc2)cc1OC. The molecule has 0 bridgehead atoms. The second-order valence-corrected chi connectivity index (χ2v) is 6.44. The van der Waals surface area contributed by atoms with Crippen molar-refractivity contribution in [3.63, 3.8) is 0 Å². The lowest BCUT2D eigenvalue weighted by Gasteiger charge is -2.11. The number of benzene rings is 3. The standard InChI is InChI=1S/C23H24N2O3/c1-16-5-4-6-18(13-16)23(26)25-20-10-8-19(9-11-20)24-15-17-7-12-21(27-2)22(14-17)28-3/h4-14,24H,15H2,1-3H3,(H,25,26). The minimum Gasteiger partial charge on any atom is -0.493 e. The van der Waals surface area contributed by atoms with E-state index in [1.165, 1.54) is 0 Å². The van der Waals surface area contributed by atoms with Gasteiger partial charge in [-0.25, -0.2) is 0 Å². The highest BCUT2D eigenvalue weighted by Gasteiger charge is 2.07. The Kier molecular flexibility index (Phi) is 6.17. The number of hydrogen-bond acceptors (Lipinski definition) is 4. The van der Waals surface area contributed by atoms with E-state index in [9.17, 15) is 4.79 Å². The van der Waals surface area contributed by atoms with Crippen LogP contribution in [-0.4, -0.2) is 20.1 Å². The molecule has 3 aromatic rings. The third-order valence-electron chi connectivity index (χ3n) is 4.37. The van der Waals surface area contributed by atoms with Gasteiger partial charge in [0.15, 0.2) is 11.5 Å². The third kappa shape index (κ3) is 4.82. The molecule has 0 fully saturated rings. The van der Waals surface area contributed by atoms with Gasteiger partial charge in [-0.3, -0.25) is 4.79 Å². The van der Waals surface area contributed by atoms with Gasteiger partial charge in [0.1, 0.15) is 0 Å². The summed E-state index contributed by atoms with van der Waals surface area (Å²) in [6, 6.07) is 21.0. The Bertz CT molecular complexity index is 952. The quantitative estimate of drug-likeness (QED) is 0.617. The summed E-state index contributed by atoms with van der Waals surface area (Å²) in [4.78, 5) is 12.3. The number of ether oxygens (including phenoxy) is 2. The first-order valence-electron chi connectivity index (χ1n) is 9.02. The van der Waals surface area contributed by atoms with E-state index in [2.05, 4.69) is 10.6 Å². The average Bonchev–Trinajstić information content (AvgIpc) is 2.73. The van der Waals surface area contributed by atoms with Crippen LogP contribution in [0.3, 0.4) is 0 Å². The van der Waals surface area contributed by atoms with Crippen LogP contribution in [0.1, 0.15) is 21.5 Å². The minimum absolute atomic E-state index is 0.116. The van der Waals surface area contributed by atoms with Crippen molar-refractivity contribution in [1.82, 2.24) is 0 Å². The number of rotatable bonds is 7. The molecule has 5 nitrogen and oxygen atoms in total. The Morgan fingerprint density at radius 3 is 2.25 bits per heavy atom. The van der Waals surface area contributed by atoms with E-state index in [1.807, 2.05) is 67.6 Å². The summed E-state index contributed by atoms with van der Waals surface area (Å²) >= 11 is 0. The fourth-order valence-electron chi connectivity index (χ4n) is 2.86. The van der Waals surface area contributed by atoms with E-state index >= 15 is 0 Å². The first-order chi connectivity index (χ1) is 13.6. The second-order valence-electron chi connectivity index (χ2n) is 6.44. The van der Waals surface area contributed by atoms with Gasteiger partial charge in [0.2, 0.25) is 0 Å². The Labute approximate surface area is 165 Å². The number of carbonyl (C=O) groups excluding carboxylic acids is 1. The van der Waals surface area contributed by atoms with E-state index < -0.39 is 0 Å². The molecule has 5 heteroatoms. The molecule has 144 valence electrons. The van der Waals surface area contributed by atoms with E-state index in [1.54, 1.807) is 20.3 Å². The van der Waals surface area contributed by atoms with Crippen LogP contribution in [0.4, 0.5) is 11.4 Å². The number of aryl methyl sites for hydroxylation is 1. The highest BCUT2D eigenvalue weighted by atomic mass is 16.5. The van der Waals surface area contributed by atoms with Crippen LogP contribution in [0.15, 0.2) is 66.7 Å². The molecular weight excluding hydrogens is 352 g/mol. The molecule has 0 spiro atoms. The van der Waals surface area contributed by atoms with E-state index in [0.29, 0.717) is 23.6 Å². The summed E-state index contributed by atoms with van der Waals surface area (Å²) < 4.78 is 10.6. The van der Waals surface area contributed by atoms with E-state index in [0.717, 1.165) is 22.5 Å². The first-order valence-corrected chi connectivity index (χ1v) is 9.02. The van der Waals surface area contributed by atoms with Crippen LogP contribution in [0.25, 0.3) is 0 Å². The van der Waals surface area contributed by atoms with Crippen molar-refractivity contribution in [3.05, 3.63) is 83.4 Å². The molecule has 0 unspecified atom stereocenters. The fourth-order valence-corrected chi connectivity index (χ4v) is 2.86. The van der Waals surface area contributed by atoms with Gasteiger partial charge in [-0.2, -0.15) is 0 Å². The van der Waals surface area contributed by atoms with Crippen LogP contribution in [0, 0.1) is 6.92 Å². The summed E-state index contributed by atoms with van der Waals surface area (Å²) in [5.41, 5.74) is 4.50. The molecule has 0 aliphatic carbocycles. The van der Waals surface area contributed by atoms with Gasteiger partial charge >= 0.3 is 0 Å². The number of nitrogens with one attached hydrogen (secondary N) is 2. The molecule has 0 aliphatic rings. The van der Waals surface area contributed by atoms with Crippen molar-refractivity contribution >= 4 is 17.3 Å². The molecule has 1 amide bonds. The van der Waals surface area contributed by atoms with Crippen molar-refractivity contribution in [2.75, 3.05) is 24.9 Å². The lowest BCUT2D eigenvalue weighted by molar-refractivity contribution is 0.102. The van der Waals surface area contributed by atoms with Gasteiger partial charge < -0.3 is 20.1 Å². The number of hydrogen-bond donors (Lipinski definition) is 2. The van der Waals surface area contributed by atoms with Gasteiger partial charge in [0.05, 0.1) is 14.2 Å². The lowest BCUT2D eigenvalue weighted by Crippen LogP contribution is -2.11. The van der Waals surface area contributed by atoms with Crippen molar-refractivity contribution in [3.8, 4) is 11.5 Å². The zero-order valence-corrected chi connectivity index (χ0v) is 16.3. The lowest BCUT2D eigenvalue weighted by atomic mass is 10.1. The van der Waals surface area contributed by atoms with Crippen molar-refractivity contribution < 1.29 is 14.3 Å². The highest BCUT2D eigenvalue weighted by Crippen LogP contribution is 2.28. The van der Waals surface area contributed by atoms with E-state index in [-0.39, 0.29) is 5.91 Å². The minimum atomic E-state index is -0.116. The van der Waals surface area contributed by atoms with Crippen molar-refractivity contribution in [2.24, 2.45) is 0 Å². The summed E-state index contributed by atoms with van der Waals surface area (Å²) in [5.74, 6) is 1.30. The summed E-state index contributed by atoms with van der Waals surface area (Å²) in [6.07, 6.45) is 0. The molecule has 0 saturated carbocycles.